The number of likely N-dealkylation sites (tertiary alicyclic amines) is 2. The molecule has 1 aromatic carbocycles. The van der Waals surface area contributed by atoms with E-state index in [9.17, 15) is 19.2 Å². The van der Waals surface area contributed by atoms with Crippen molar-refractivity contribution in [3.05, 3.63) is 35.4 Å². The van der Waals surface area contributed by atoms with Crippen LogP contribution in [0.4, 0.5) is 0 Å². The number of nitrogens with one attached hydrogen (secondary N) is 2. The highest BCUT2D eigenvalue weighted by Crippen LogP contribution is 2.19. The first-order valence-corrected chi connectivity index (χ1v) is 13.6. The summed E-state index contributed by atoms with van der Waals surface area (Å²) in [6, 6.07) is 5.70. The highest BCUT2D eigenvalue weighted by atomic mass is 16.4. The highest BCUT2D eigenvalue weighted by molar-refractivity contribution is 5.93. The molecule has 4 fully saturated rings. The van der Waals surface area contributed by atoms with Gasteiger partial charge in [-0.05, 0) is 82.7 Å². The molecule has 3 atom stereocenters. The smallest absolute Gasteiger partial charge is 0.335 e. The second-order valence-corrected chi connectivity index (χ2v) is 10.1. The Hall–Kier alpha value is -3.02. The van der Waals surface area contributed by atoms with E-state index in [1.54, 1.807) is 0 Å². The molecule has 1 aromatic rings. The van der Waals surface area contributed by atoms with Crippen LogP contribution in [0.3, 0.4) is 0 Å². The van der Waals surface area contributed by atoms with Gasteiger partial charge in [0.25, 0.3) is 0 Å². The molecule has 0 aliphatic carbocycles. The van der Waals surface area contributed by atoms with Crippen LogP contribution < -0.4 is 16.4 Å². The van der Waals surface area contributed by atoms with Gasteiger partial charge in [0.2, 0.25) is 11.8 Å². The third-order valence-corrected chi connectivity index (χ3v) is 7.42. The minimum atomic E-state index is -1.13. The Kier molecular flexibility index (Phi) is 11.5. The van der Waals surface area contributed by atoms with Gasteiger partial charge >= 0.3 is 11.9 Å². The zero-order valence-electron chi connectivity index (χ0n) is 21.9. The molecule has 6 N–H and O–H groups in total. The number of carboxylic acids is 2. The summed E-state index contributed by atoms with van der Waals surface area (Å²) < 4.78 is 0. The van der Waals surface area contributed by atoms with Gasteiger partial charge < -0.3 is 36.4 Å². The number of nitrogens with zero attached hydrogens (tertiary/aromatic N) is 2. The van der Waals surface area contributed by atoms with Gasteiger partial charge in [0.1, 0.15) is 0 Å². The largest absolute Gasteiger partial charge is 0.478 e. The summed E-state index contributed by atoms with van der Waals surface area (Å²) >= 11 is 0. The summed E-state index contributed by atoms with van der Waals surface area (Å²) in [5.41, 5.74) is 5.61. The zero-order valence-corrected chi connectivity index (χ0v) is 21.9. The van der Waals surface area contributed by atoms with Crippen molar-refractivity contribution in [3.8, 4) is 0 Å². The Bertz CT molecular complexity index is 908. The lowest BCUT2D eigenvalue weighted by molar-refractivity contribution is -0.134. The number of benzene rings is 1. The minimum Gasteiger partial charge on any atom is -0.478 e. The molecule has 210 valence electrons. The molecular weight excluding hydrogens is 490 g/mol. The van der Waals surface area contributed by atoms with Crippen LogP contribution in [0.25, 0.3) is 0 Å². The Balaban J connectivity index is 0.000000159. The number of carbonyl (C=O) groups is 4. The van der Waals surface area contributed by atoms with Crippen LogP contribution in [0.15, 0.2) is 24.3 Å². The fourth-order valence-electron chi connectivity index (χ4n) is 5.30. The van der Waals surface area contributed by atoms with Gasteiger partial charge in [-0.1, -0.05) is 6.07 Å². The SMILES string of the molecule is NC[C@@H]1CCCN1C(=O)[C@@H]1CCCN1.O=C(O)c1cccc(C(=O)O)c1.O=C([C@@H]1CCCN1)N1CCCC1. The number of hydrogen-bond acceptors (Lipinski definition) is 7. The van der Waals surface area contributed by atoms with E-state index >= 15 is 0 Å². The lowest BCUT2D eigenvalue weighted by Gasteiger charge is -2.26. The van der Waals surface area contributed by atoms with E-state index in [4.69, 9.17) is 15.9 Å². The van der Waals surface area contributed by atoms with Crippen LogP contribution in [0, 0.1) is 0 Å². The van der Waals surface area contributed by atoms with Crippen LogP contribution in [-0.4, -0.2) is 101 Å². The number of carbonyl (C=O) groups excluding carboxylic acids is 2. The molecule has 2 amide bonds. The van der Waals surface area contributed by atoms with Crippen molar-refractivity contribution in [3.63, 3.8) is 0 Å². The molecule has 11 heteroatoms. The Morgan fingerprint density at radius 3 is 1.82 bits per heavy atom. The molecule has 0 radical (unpaired) electrons. The molecule has 4 aliphatic rings. The van der Waals surface area contributed by atoms with Crippen molar-refractivity contribution in [1.29, 1.82) is 0 Å². The maximum atomic E-state index is 12.0. The van der Waals surface area contributed by atoms with Crippen LogP contribution in [-0.2, 0) is 9.59 Å². The molecule has 5 rings (SSSR count). The molecule has 0 saturated carbocycles. The summed E-state index contributed by atoms with van der Waals surface area (Å²) in [4.78, 5) is 48.5. The van der Waals surface area contributed by atoms with Gasteiger partial charge in [-0.25, -0.2) is 9.59 Å². The van der Waals surface area contributed by atoms with Crippen LogP contribution >= 0.6 is 0 Å². The summed E-state index contributed by atoms with van der Waals surface area (Å²) in [5, 5.41) is 23.5. The summed E-state index contributed by atoms with van der Waals surface area (Å²) in [6.07, 6.45) is 8.88. The second kappa shape index (κ2) is 14.8. The summed E-state index contributed by atoms with van der Waals surface area (Å²) in [7, 11) is 0. The van der Waals surface area contributed by atoms with Gasteiger partial charge in [-0.2, -0.15) is 0 Å². The summed E-state index contributed by atoms with van der Waals surface area (Å²) in [6.45, 7) is 5.48. The van der Waals surface area contributed by atoms with E-state index < -0.39 is 11.9 Å². The molecule has 0 aromatic heterocycles. The van der Waals surface area contributed by atoms with E-state index in [0.29, 0.717) is 18.5 Å². The van der Waals surface area contributed by atoms with Crippen molar-refractivity contribution in [1.82, 2.24) is 20.4 Å². The maximum absolute atomic E-state index is 12.0. The van der Waals surface area contributed by atoms with E-state index in [0.717, 1.165) is 77.3 Å². The number of carboxylic acid groups (broad SMARTS) is 2. The standard InChI is InChI=1S/C10H19N3O.C9H16N2O.C8H6O4/c11-7-8-3-2-6-13(8)10(14)9-4-1-5-12-9;12-9(8-4-3-5-10-8)11-6-1-2-7-11;9-7(10)5-2-1-3-6(4-5)8(11)12/h8-9,12H,1-7,11H2;8,10H,1-7H2;1-4H,(H,9,10)(H,11,12)/t8-,9-;8-;/m00./s1. The van der Waals surface area contributed by atoms with Crippen LogP contribution in [0.2, 0.25) is 0 Å². The third kappa shape index (κ3) is 8.24. The molecular formula is C27H41N5O6. The average Bonchev–Trinajstić information content (AvgIpc) is 3.75. The Morgan fingerprint density at radius 1 is 0.789 bits per heavy atom. The molecule has 4 heterocycles. The molecule has 38 heavy (non-hydrogen) atoms. The van der Waals surface area contributed by atoms with Gasteiger partial charge in [-0.15, -0.1) is 0 Å². The first-order valence-electron chi connectivity index (χ1n) is 13.6. The van der Waals surface area contributed by atoms with Crippen molar-refractivity contribution in [2.75, 3.05) is 39.3 Å². The normalized spacial score (nSPS) is 24.3. The first kappa shape index (κ1) is 29.5. The number of amides is 2. The maximum Gasteiger partial charge on any atom is 0.335 e. The van der Waals surface area contributed by atoms with Crippen molar-refractivity contribution >= 4 is 23.8 Å². The molecule has 4 saturated heterocycles. The first-order chi connectivity index (χ1) is 18.3. The zero-order chi connectivity index (χ0) is 27.5. The number of nitrogens with two attached hydrogens (primary N) is 1. The second-order valence-electron chi connectivity index (χ2n) is 10.1. The predicted octanol–water partition coefficient (Wildman–Crippen LogP) is 1.13. The minimum absolute atomic E-state index is 0.0186. The molecule has 11 nitrogen and oxygen atoms in total. The Morgan fingerprint density at radius 2 is 1.34 bits per heavy atom. The van der Waals surface area contributed by atoms with E-state index in [1.807, 2.05) is 9.80 Å². The van der Waals surface area contributed by atoms with E-state index in [1.165, 1.54) is 31.0 Å². The molecule has 4 aliphatic heterocycles. The third-order valence-electron chi connectivity index (χ3n) is 7.42. The fraction of sp³-hybridized carbons (Fsp3) is 0.630. The fourth-order valence-corrected chi connectivity index (χ4v) is 5.30. The molecule has 0 unspecified atom stereocenters. The topological polar surface area (TPSA) is 165 Å². The van der Waals surface area contributed by atoms with Crippen molar-refractivity contribution < 1.29 is 29.4 Å². The molecule has 0 spiro atoms. The van der Waals surface area contributed by atoms with Crippen molar-refractivity contribution in [2.45, 2.75) is 69.5 Å². The van der Waals surface area contributed by atoms with Gasteiger partial charge in [0.15, 0.2) is 0 Å². The quantitative estimate of drug-likeness (QED) is 0.374. The van der Waals surface area contributed by atoms with E-state index in [2.05, 4.69) is 10.6 Å². The number of rotatable bonds is 5. The molecule has 0 bridgehead atoms. The predicted molar refractivity (Wildman–Crippen MR) is 142 cm³/mol. The monoisotopic (exact) mass is 531 g/mol. The summed E-state index contributed by atoms with van der Waals surface area (Å²) in [5.74, 6) is -1.64. The lowest BCUT2D eigenvalue weighted by atomic mass is 10.1. The Labute approximate surface area is 223 Å². The van der Waals surface area contributed by atoms with Gasteiger partial charge in [-0.3, -0.25) is 9.59 Å². The van der Waals surface area contributed by atoms with Crippen LogP contribution in [0.5, 0.6) is 0 Å². The van der Waals surface area contributed by atoms with Gasteiger partial charge in [0, 0.05) is 32.2 Å². The lowest BCUT2D eigenvalue weighted by Crippen LogP contribution is -2.47. The average molecular weight is 532 g/mol. The van der Waals surface area contributed by atoms with E-state index in [-0.39, 0.29) is 29.1 Å². The number of aromatic carboxylic acids is 2. The van der Waals surface area contributed by atoms with Crippen molar-refractivity contribution in [2.24, 2.45) is 5.73 Å². The number of hydrogen-bond donors (Lipinski definition) is 5. The van der Waals surface area contributed by atoms with Gasteiger partial charge in [0.05, 0.1) is 23.2 Å². The van der Waals surface area contributed by atoms with Crippen LogP contribution in [0.1, 0.15) is 72.1 Å². The highest BCUT2D eigenvalue weighted by Gasteiger charge is 2.33.